The van der Waals surface area contributed by atoms with Crippen LogP contribution in [0.15, 0.2) is 12.1 Å². The van der Waals surface area contributed by atoms with Gasteiger partial charge in [-0.25, -0.2) is 8.78 Å². The van der Waals surface area contributed by atoms with E-state index in [4.69, 9.17) is 11.6 Å². The third-order valence-electron chi connectivity index (χ3n) is 4.82. The summed E-state index contributed by atoms with van der Waals surface area (Å²) in [5, 5.41) is 0.00825. The predicted octanol–water partition coefficient (Wildman–Crippen LogP) is 4.39. The van der Waals surface area contributed by atoms with Gasteiger partial charge in [-0.1, -0.05) is 51.9 Å². The fourth-order valence-corrected chi connectivity index (χ4v) is 3.10. The Kier molecular flexibility index (Phi) is 3.25. The molecule has 98 valence electrons. The molecule has 0 nitrogen and oxygen atoms in total. The van der Waals surface area contributed by atoms with Gasteiger partial charge in [-0.05, 0) is 22.4 Å². The molecule has 1 aromatic carbocycles. The first-order valence-corrected chi connectivity index (χ1v) is 6.66. The molecular weight excluding hydrogens is 252 g/mol. The molecule has 1 aliphatic heterocycles. The molecule has 2 rings (SSSR count). The lowest BCUT2D eigenvalue weighted by molar-refractivity contribution is 0.177. The van der Waals surface area contributed by atoms with E-state index in [1.54, 1.807) is 0 Å². The lowest BCUT2D eigenvalue weighted by Crippen LogP contribution is -2.31. The molecule has 0 amide bonds. The van der Waals surface area contributed by atoms with Crippen LogP contribution in [0, 0.1) is 22.5 Å². The van der Waals surface area contributed by atoms with Crippen LogP contribution in [0.3, 0.4) is 0 Å². The van der Waals surface area contributed by atoms with Crippen LogP contribution in [0.2, 0.25) is 17.7 Å². The highest BCUT2D eigenvalue weighted by Crippen LogP contribution is 2.52. The van der Waals surface area contributed by atoms with Crippen molar-refractivity contribution in [3.8, 4) is 0 Å². The first-order chi connectivity index (χ1) is 8.14. The number of rotatable bonds is 1. The zero-order valence-electron chi connectivity index (χ0n) is 11.3. The van der Waals surface area contributed by atoms with E-state index in [0.29, 0.717) is 5.46 Å². The van der Waals surface area contributed by atoms with Crippen molar-refractivity contribution in [3.05, 3.63) is 28.8 Å². The van der Waals surface area contributed by atoms with Crippen LogP contribution in [-0.4, -0.2) is 6.71 Å². The molecule has 4 heteroatoms. The third kappa shape index (κ3) is 2.18. The number of benzene rings is 1. The van der Waals surface area contributed by atoms with Crippen molar-refractivity contribution in [2.24, 2.45) is 10.8 Å². The second-order valence-electron chi connectivity index (χ2n) is 6.66. The standard InChI is InChI=1S/C14H18BClF2/c1-13(2)7-15(8-14(13,3)4)9-5-10(16)12(18)6-11(9)17/h5-6H,7-8H2,1-4H3. The molecule has 1 heterocycles. The number of hydrogen-bond donors (Lipinski definition) is 0. The fourth-order valence-electron chi connectivity index (χ4n) is 2.93. The largest absolute Gasteiger partial charge is 0.207 e. The van der Waals surface area contributed by atoms with Crippen molar-refractivity contribution in [2.45, 2.75) is 40.3 Å². The summed E-state index contributed by atoms with van der Waals surface area (Å²) in [6.45, 7) is 8.94. The molecule has 0 atom stereocenters. The SMILES string of the molecule is CC1(C)CB(c2cc(Cl)c(F)cc2F)CC1(C)C. The van der Waals surface area contributed by atoms with Crippen molar-refractivity contribution in [3.63, 3.8) is 0 Å². The quantitative estimate of drug-likeness (QED) is 0.524. The molecular formula is C14H18BClF2. The van der Waals surface area contributed by atoms with Gasteiger partial charge in [0.15, 0.2) is 6.71 Å². The van der Waals surface area contributed by atoms with Crippen molar-refractivity contribution < 1.29 is 8.78 Å². The Morgan fingerprint density at radius 2 is 1.50 bits per heavy atom. The lowest BCUT2D eigenvalue weighted by Gasteiger charge is -2.35. The minimum absolute atomic E-state index is 0.00825. The normalized spacial score (nSPS) is 21.4. The van der Waals surface area contributed by atoms with Crippen LogP contribution in [0.25, 0.3) is 0 Å². The third-order valence-corrected chi connectivity index (χ3v) is 5.11. The van der Waals surface area contributed by atoms with Crippen LogP contribution in [0.1, 0.15) is 27.7 Å². The Hall–Kier alpha value is -0.565. The molecule has 0 aliphatic carbocycles. The summed E-state index contributed by atoms with van der Waals surface area (Å²) in [6, 6.07) is 2.35. The van der Waals surface area contributed by atoms with Crippen molar-refractivity contribution >= 4 is 23.8 Å². The van der Waals surface area contributed by atoms with Crippen LogP contribution in [-0.2, 0) is 0 Å². The minimum atomic E-state index is -0.686. The smallest absolute Gasteiger partial charge is 0.180 e. The zero-order valence-corrected chi connectivity index (χ0v) is 12.0. The van der Waals surface area contributed by atoms with Crippen LogP contribution < -0.4 is 5.46 Å². The summed E-state index contributed by atoms with van der Waals surface area (Å²) in [7, 11) is 0. The van der Waals surface area contributed by atoms with Gasteiger partial charge < -0.3 is 0 Å². The van der Waals surface area contributed by atoms with Crippen LogP contribution in [0.5, 0.6) is 0 Å². The maximum absolute atomic E-state index is 13.9. The maximum Gasteiger partial charge on any atom is 0.180 e. The van der Waals surface area contributed by atoms with Gasteiger partial charge >= 0.3 is 0 Å². The van der Waals surface area contributed by atoms with E-state index in [1.165, 1.54) is 6.07 Å². The van der Waals surface area contributed by atoms with E-state index in [1.807, 2.05) is 0 Å². The van der Waals surface area contributed by atoms with Gasteiger partial charge in [0, 0.05) is 6.07 Å². The predicted molar refractivity (Wildman–Crippen MR) is 73.9 cm³/mol. The van der Waals surface area contributed by atoms with Crippen molar-refractivity contribution in [2.75, 3.05) is 0 Å². The minimum Gasteiger partial charge on any atom is -0.207 e. The molecule has 1 saturated heterocycles. The summed E-state index contributed by atoms with van der Waals surface area (Å²) in [6.07, 6.45) is 1.80. The van der Waals surface area contributed by atoms with E-state index in [-0.39, 0.29) is 22.6 Å². The second-order valence-corrected chi connectivity index (χ2v) is 7.07. The molecule has 0 N–H and O–H groups in total. The topological polar surface area (TPSA) is 0 Å². The molecule has 1 fully saturated rings. The summed E-state index contributed by atoms with van der Waals surface area (Å²) >= 11 is 5.76. The highest BCUT2D eigenvalue weighted by molar-refractivity contribution is 6.74. The first-order valence-electron chi connectivity index (χ1n) is 6.28. The Labute approximate surface area is 113 Å². The number of halogens is 3. The van der Waals surface area contributed by atoms with Gasteiger partial charge in [-0.3, -0.25) is 0 Å². The molecule has 0 aromatic heterocycles. The van der Waals surface area contributed by atoms with E-state index in [2.05, 4.69) is 27.7 Å². The molecule has 0 unspecified atom stereocenters. The summed E-state index contributed by atoms with van der Waals surface area (Å²) in [5.41, 5.74) is 0.843. The van der Waals surface area contributed by atoms with Gasteiger partial charge in [0.25, 0.3) is 0 Å². The van der Waals surface area contributed by atoms with E-state index < -0.39 is 11.6 Å². The highest BCUT2D eigenvalue weighted by atomic mass is 35.5. The maximum atomic E-state index is 13.9. The van der Waals surface area contributed by atoms with Gasteiger partial charge in [0.2, 0.25) is 0 Å². The molecule has 1 aromatic rings. The molecule has 18 heavy (non-hydrogen) atoms. The first kappa shape index (κ1) is 13.9. The Bertz CT molecular complexity index is 467. The monoisotopic (exact) mass is 270 g/mol. The molecule has 0 bridgehead atoms. The van der Waals surface area contributed by atoms with E-state index in [0.717, 1.165) is 18.7 Å². The van der Waals surface area contributed by atoms with Gasteiger partial charge in [0.1, 0.15) is 11.6 Å². The average Bonchev–Trinajstić information content (AvgIpc) is 2.42. The molecule has 1 aliphatic rings. The summed E-state index contributed by atoms with van der Waals surface area (Å²) in [5.74, 6) is -1.16. The summed E-state index contributed by atoms with van der Waals surface area (Å²) < 4.78 is 27.1. The number of hydrogen-bond acceptors (Lipinski definition) is 0. The van der Waals surface area contributed by atoms with Crippen molar-refractivity contribution in [1.29, 1.82) is 0 Å². The lowest BCUT2D eigenvalue weighted by atomic mass is 9.42. The molecule has 0 radical (unpaired) electrons. The molecule has 0 spiro atoms. The Morgan fingerprint density at radius 3 is 2.00 bits per heavy atom. The zero-order chi connectivity index (χ0) is 13.7. The van der Waals surface area contributed by atoms with Gasteiger partial charge in [-0.2, -0.15) is 0 Å². The van der Waals surface area contributed by atoms with E-state index in [9.17, 15) is 8.78 Å². The highest BCUT2D eigenvalue weighted by Gasteiger charge is 2.48. The second kappa shape index (κ2) is 4.23. The van der Waals surface area contributed by atoms with Crippen LogP contribution in [0.4, 0.5) is 8.78 Å². The van der Waals surface area contributed by atoms with Gasteiger partial charge in [-0.15, -0.1) is 0 Å². The molecule has 0 saturated carbocycles. The van der Waals surface area contributed by atoms with E-state index >= 15 is 0 Å². The summed E-state index contributed by atoms with van der Waals surface area (Å²) in [4.78, 5) is 0. The van der Waals surface area contributed by atoms with Gasteiger partial charge in [0.05, 0.1) is 5.02 Å². The Balaban J connectivity index is 2.38. The fraction of sp³-hybridized carbons (Fsp3) is 0.571. The van der Waals surface area contributed by atoms with Crippen molar-refractivity contribution in [1.82, 2.24) is 0 Å². The Morgan fingerprint density at radius 1 is 1.00 bits per heavy atom. The van der Waals surface area contributed by atoms with Crippen LogP contribution >= 0.6 is 11.6 Å². The average molecular weight is 271 g/mol.